The van der Waals surface area contributed by atoms with Gasteiger partial charge in [-0.25, -0.2) is 0 Å². The van der Waals surface area contributed by atoms with Crippen molar-refractivity contribution in [2.75, 3.05) is 33.3 Å². The zero-order valence-corrected chi connectivity index (χ0v) is 13.2. The molecular weight excluding hydrogens is 274 g/mol. The number of H-pyrrole nitrogens is 1. The number of nitrogens with one attached hydrogen (secondary N) is 2. The van der Waals surface area contributed by atoms with E-state index in [4.69, 9.17) is 5.11 Å². The molecule has 0 radical (unpaired) electrons. The number of fused-ring (bicyclic) bond motifs is 2. The number of aromatic amines is 1. The Kier molecular flexibility index (Phi) is 3.68. The van der Waals surface area contributed by atoms with Crippen molar-refractivity contribution < 1.29 is 5.11 Å². The molecule has 0 saturated carbocycles. The number of aromatic nitrogens is 1. The predicted octanol–water partition coefficient (Wildman–Crippen LogP) is 1.71. The molecule has 2 heterocycles. The number of benzene rings is 1. The number of aliphatic hydroxyl groups is 1. The van der Waals surface area contributed by atoms with E-state index in [0.717, 1.165) is 19.5 Å². The fourth-order valence-corrected chi connectivity index (χ4v) is 4.59. The molecule has 4 nitrogen and oxygen atoms in total. The van der Waals surface area contributed by atoms with E-state index in [1.54, 1.807) is 0 Å². The normalized spacial score (nSPS) is 28.0. The van der Waals surface area contributed by atoms with Gasteiger partial charge >= 0.3 is 0 Å². The summed E-state index contributed by atoms with van der Waals surface area (Å²) in [5.74, 6) is 1.29. The van der Waals surface area contributed by atoms with Crippen LogP contribution < -0.4 is 5.32 Å². The molecule has 2 unspecified atom stereocenters. The number of likely N-dealkylation sites (N-methyl/N-ethyl adjacent to an activating group) is 1. The highest BCUT2D eigenvalue weighted by Gasteiger charge is 2.39. The molecule has 1 aliphatic carbocycles. The predicted molar refractivity (Wildman–Crippen MR) is 89.2 cm³/mol. The first kappa shape index (κ1) is 14.2. The number of nitrogens with zero attached hydrogens (tertiary/aromatic N) is 1. The summed E-state index contributed by atoms with van der Waals surface area (Å²) in [6.45, 7) is 3.08. The topological polar surface area (TPSA) is 51.3 Å². The van der Waals surface area contributed by atoms with Crippen LogP contribution in [0.3, 0.4) is 0 Å². The zero-order chi connectivity index (χ0) is 15.1. The van der Waals surface area contributed by atoms with E-state index >= 15 is 0 Å². The summed E-state index contributed by atoms with van der Waals surface area (Å²) in [5, 5.41) is 13.8. The van der Waals surface area contributed by atoms with Crippen molar-refractivity contribution in [3.8, 4) is 0 Å². The van der Waals surface area contributed by atoms with Gasteiger partial charge in [0.05, 0.1) is 6.61 Å². The Balaban J connectivity index is 1.63. The molecule has 4 rings (SSSR count). The highest BCUT2D eigenvalue weighted by molar-refractivity contribution is 5.88. The first-order valence-corrected chi connectivity index (χ1v) is 8.38. The average molecular weight is 299 g/mol. The minimum Gasteiger partial charge on any atom is -0.395 e. The molecular formula is C18H25N3O. The highest BCUT2D eigenvalue weighted by Crippen LogP contribution is 2.44. The lowest BCUT2D eigenvalue weighted by molar-refractivity contribution is 0.110. The Labute approximate surface area is 131 Å². The van der Waals surface area contributed by atoms with Crippen molar-refractivity contribution in [2.24, 2.45) is 5.92 Å². The Morgan fingerprint density at radius 2 is 2.32 bits per heavy atom. The lowest BCUT2D eigenvalue weighted by atomic mass is 9.72. The molecule has 0 amide bonds. The summed E-state index contributed by atoms with van der Waals surface area (Å²) in [4.78, 5) is 5.99. The van der Waals surface area contributed by atoms with E-state index < -0.39 is 0 Å². The Bertz CT molecular complexity index is 665. The van der Waals surface area contributed by atoms with Gasteiger partial charge in [0, 0.05) is 42.1 Å². The third-order valence-corrected chi connectivity index (χ3v) is 5.53. The molecule has 2 aliphatic rings. The fourth-order valence-electron chi connectivity index (χ4n) is 4.59. The van der Waals surface area contributed by atoms with Crippen LogP contribution in [-0.4, -0.2) is 54.3 Å². The first-order chi connectivity index (χ1) is 10.8. The smallest absolute Gasteiger partial charge is 0.0555 e. The van der Waals surface area contributed by atoms with E-state index in [1.807, 2.05) is 0 Å². The summed E-state index contributed by atoms with van der Waals surface area (Å²) >= 11 is 0. The van der Waals surface area contributed by atoms with Crippen LogP contribution in [0.5, 0.6) is 0 Å². The summed E-state index contributed by atoms with van der Waals surface area (Å²) in [7, 11) is 2.27. The van der Waals surface area contributed by atoms with Crippen molar-refractivity contribution >= 4 is 10.9 Å². The fraction of sp³-hybridized carbons (Fsp3) is 0.556. The minimum absolute atomic E-state index is 0.223. The minimum atomic E-state index is 0.223. The van der Waals surface area contributed by atoms with Crippen molar-refractivity contribution in [3.63, 3.8) is 0 Å². The number of hydrogen-bond acceptors (Lipinski definition) is 3. The molecule has 118 valence electrons. The summed E-state index contributed by atoms with van der Waals surface area (Å²) in [6, 6.07) is 7.33. The third-order valence-electron chi connectivity index (χ3n) is 5.53. The number of aliphatic hydroxyl groups excluding tert-OH is 1. The average Bonchev–Trinajstić information content (AvgIpc) is 2.94. The highest BCUT2D eigenvalue weighted by atomic mass is 16.3. The maximum Gasteiger partial charge on any atom is 0.0555 e. The van der Waals surface area contributed by atoms with Crippen LogP contribution in [0.25, 0.3) is 10.9 Å². The molecule has 0 bridgehead atoms. The molecule has 3 atom stereocenters. The van der Waals surface area contributed by atoms with Crippen LogP contribution in [-0.2, 0) is 6.42 Å². The van der Waals surface area contributed by atoms with E-state index in [9.17, 15) is 0 Å². The molecule has 1 fully saturated rings. The van der Waals surface area contributed by atoms with Gasteiger partial charge in [0.1, 0.15) is 0 Å². The number of rotatable bonds is 4. The summed E-state index contributed by atoms with van der Waals surface area (Å²) in [5.41, 5.74) is 4.30. The van der Waals surface area contributed by atoms with Crippen molar-refractivity contribution in [3.05, 3.63) is 35.5 Å². The first-order valence-electron chi connectivity index (χ1n) is 8.38. The Morgan fingerprint density at radius 3 is 3.18 bits per heavy atom. The lowest BCUT2D eigenvalue weighted by Crippen LogP contribution is -2.49. The molecule has 4 heteroatoms. The second-order valence-corrected chi connectivity index (χ2v) is 6.93. The van der Waals surface area contributed by atoms with Gasteiger partial charge in [-0.1, -0.05) is 12.1 Å². The van der Waals surface area contributed by atoms with E-state index in [1.165, 1.54) is 28.5 Å². The van der Waals surface area contributed by atoms with Gasteiger partial charge in [0.15, 0.2) is 0 Å². The van der Waals surface area contributed by atoms with Gasteiger partial charge in [0.2, 0.25) is 0 Å². The quantitative estimate of drug-likeness (QED) is 0.753. The van der Waals surface area contributed by atoms with Gasteiger partial charge in [-0.2, -0.15) is 0 Å². The van der Waals surface area contributed by atoms with E-state index in [-0.39, 0.29) is 6.61 Å². The maximum atomic E-state index is 8.95. The van der Waals surface area contributed by atoms with Crippen LogP contribution in [0.1, 0.15) is 23.5 Å². The van der Waals surface area contributed by atoms with Crippen LogP contribution >= 0.6 is 0 Å². The molecule has 2 aromatic rings. The summed E-state index contributed by atoms with van der Waals surface area (Å²) in [6.07, 6.45) is 4.61. The SMILES string of the molecule is CN1CC(CNCCO)CC2c3cccc4[nH]cc(c34)C[C@H]21. The van der Waals surface area contributed by atoms with Gasteiger partial charge in [0.25, 0.3) is 0 Å². The van der Waals surface area contributed by atoms with Crippen molar-refractivity contribution in [1.29, 1.82) is 0 Å². The maximum absolute atomic E-state index is 8.95. The van der Waals surface area contributed by atoms with Crippen molar-refractivity contribution in [2.45, 2.75) is 24.8 Å². The molecule has 1 aliphatic heterocycles. The monoisotopic (exact) mass is 299 g/mol. The molecule has 22 heavy (non-hydrogen) atoms. The van der Waals surface area contributed by atoms with Gasteiger partial charge in [-0.05, 0) is 49.5 Å². The molecule has 1 aromatic carbocycles. The second-order valence-electron chi connectivity index (χ2n) is 6.93. The van der Waals surface area contributed by atoms with E-state index in [2.05, 4.69) is 46.6 Å². The van der Waals surface area contributed by atoms with Crippen LogP contribution in [0.15, 0.2) is 24.4 Å². The van der Waals surface area contributed by atoms with Crippen LogP contribution in [0, 0.1) is 5.92 Å². The Hall–Kier alpha value is -1.36. The largest absolute Gasteiger partial charge is 0.395 e. The number of likely N-dealkylation sites (tertiary alicyclic amines) is 1. The van der Waals surface area contributed by atoms with Gasteiger partial charge in [-0.3, -0.25) is 0 Å². The zero-order valence-electron chi connectivity index (χ0n) is 13.2. The lowest BCUT2D eigenvalue weighted by Gasteiger charge is -2.45. The second kappa shape index (κ2) is 5.69. The number of piperidine rings is 1. The molecule has 1 aromatic heterocycles. The molecule has 0 spiro atoms. The summed E-state index contributed by atoms with van der Waals surface area (Å²) < 4.78 is 0. The Morgan fingerprint density at radius 1 is 1.41 bits per heavy atom. The molecule has 3 N–H and O–H groups in total. The number of hydrogen-bond donors (Lipinski definition) is 3. The molecule has 1 saturated heterocycles. The standard InChI is InChI=1S/C18H25N3O/c1-21-11-12(9-19-5-6-22)7-15-14-3-2-4-16-18(14)13(10-20-16)8-17(15)21/h2-4,10,12,15,17,19-20,22H,5-9,11H2,1H3/t12?,15?,17-/m1/s1. The van der Waals surface area contributed by atoms with E-state index in [0.29, 0.717) is 24.4 Å². The van der Waals surface area contributed by atoms with Crippen LogP contribution in [0.4, 0.5) is 0 Å². The van der Waals surface area contributed by atoms with Crippen molar-refractivity contribution in [1.82, 2.24) is 15.2 Å². The van der Waals surface area contributed by atoms with Crippen LogP contribution in [0.2, 0.25) is 0 Å². The van der Waals surface area contributed by atoms with Gasteiger partial charge < -0.3 is 20.3 Å². The van der Waals surface area contributed by atoms with Gasteiger partial charge in [-0.15, -0.1) is 0 Å². The third kappa shape index (κ3) is 2.26.